The third kappa shape index (κ3) is 2.14. The minimum absolute atomic E-state index is 0.0267. The lowest BCUT2D eigenvalue weighted by molar-refractivity contribution is -0.239. The molecule has 128 valence electrons. The summed E-state index contributed by atoms with van der Waals surface area (Å²) in [6.07, 6.45) is 4.27. The molecule has 7 heteroatoms. The minimum atomic E-state index is -1.48. The third-order valence-corrected chi connectivity index (χ3v) is 5.57. The molecule has 2 aliphatic heterocycles. The van der Waals surface area contributed by atoms with Gasteiger partial charge in [-0.25, -0.2) is 4.79 Å². The van der Waals surface area contributed by atoms with Gasteiger partial charge in [0.15, 0.2) is 5.60 Å². The highest BCUT2D eigenvalue weighted by atomic mass is 16.6. The molecule has 0 aromatic heterocycles. The molecule has 1 aliphatic carbocycles. The standard InChI is InChI=1S/C16H23NO6/c1-15-11(7-10(19)8-18)13(21)17-16(15,14(22)23-15)12(20)9-5-3-2-4-6-9/h3,5,9-12,18-20H,2,4,6-8H2,1H3,(H,17,21)/t9-,10?,11+,12-,15+,16+/m1/s1. The summed E-state index contributed by atoms with van der Waals surface area (Å²) in [7, 11) is 0. The first-order chi connectivity index (χ1) is 10.9. The topological polar surface area (TPSA) is 116 Å². The molecule has 0 bridgehead atoms. The Hall–Kier alpha value is -1.44. The van der Waals surface area contributed by atoms with Crippen LogP contribution in [0.2, 0.25) is 0 Å². The summed E-state index contributed by atoms with van der Waals surface area (Å²) in [5, 5.41) is 32.2. The van der Waals surface area contributed by atoms with Gasteiger partial charge in [-0.3, -0.25) is 4.79 Å². The van der Waals surface area contributed by atoms with Crippen molar-refractivity contribution < 1.29 is 29.6 Å². The molecule has 3 aliphatic rings. The Bertz CT molecular complexity index is 549. The summed E-state index contributed by atoms with van der Waals surface area (Å²) in [4.78, 5) is 24.6. The first-order valence-electron chi connectivity index (χ1n) is 8.06. The van der Waals surface area contributed by atoms with Gasteiger partial charge in [0.25, 0.3) is 0 Å². The van der Waals surface area contributed by atoms with Crippen molar-refractivity contribution in [2.45, 2.75) is 56.0 Å². The lowest BCUT2D eigenvalue weighted by atomic mass is 9.64. The molecule has 2 saturated heterocycles. The Kier molecular flexibility index (Phi) is 3.98. The number of esters is 1. The van der Waals surface area contributed by atoms with Crippen LogP contribution in [-0.2, 0) is 14.3 Å². The van der Waals surface area contributed by atoms with Gasteiger partial charge >= 0.3 is 5.97 Å². The molecule has 23 heavy (non-hydrogen) atoms. The number of nitrogens with one attached hydrogen (secondary N) is 1. The van der Waals surface area contributed by atoms with Gasteiger partial charge < -0.3 is 25.4 Å². The highest BCUT2D eigenvalue weighted by Gasteiger charge is 2.79. The lowest BCUT2D eigenvalue weighted by Crippen LogP contribution is -2.80. The monoisotopic (exact) mass is 325 g/mol. The number of carbonyl (C=O) groups excluding carboxylic acids is 2. The molecule has 2 fully saturated rings. The molecule has 1 unspecified atom stereocenters. The molecule has 7 nitrogen and oxygen atoms in total. The van der Waals surface area contributed by atoms with E-state index in [1.807, 2.05) is 12.2 Å². The number of ether oxygens (including phenoxy) is 1. The molecule has 2 heterocycles. The fourth-order valence-corrected chi connectivity index (χ4v) is 4.15. The van der Waals surface area contributed by atoms with Crippen LogP contribution in [0.15, 0.2) is 12.2 Å². The maximum Gasteiger partial charge on any atom is 0.339 e. The van der Waals surface area contributed by atoms with Gasteiger partial charge in [-0.2, -0.15) is 0 Å². The SMILES string of the molecule is C[C@@]12OC(=O)[C@]1([C@H](O)[C@@H]1C=CCCC1)NC(=O)[C@@H]2CC(O)CO. The van der Waals surface area contributed by atoms with Gasteiger partial charge in [-0.15, -0.1) is 0 Å². The van der Waals surface area contributed by atoms with Crippen LogP contribution in [0, 0.1) is 11.8 Å². The zero-order valence-electron chi connectivity index (χ0n) is 13.1. The van der Waals surface area contributed by atoms with E-state index in [1.54, 1.807) is 6.92 Å². The average Bonchev–Trinajstić information content (AvgIpc) is 2.72. The molecule has 0 saturated carbocycles. The second-order valence-corrected chi connectivity index (χ2v) is 6.89. The number of allylic oxidation sites excluding steroid dienone is 1. The van der Waals surface area contributed by atoms with Crippen molar-refractivity contribution in [2.24, 2.45) is 11.8 Å². The summed E-state index contributed by atoms with van der Waals surface area (Å²) in [6, 6.07) is 0. The van der Waals surface area contributed by atoms with Crippen molar-refractivity contribution in [3.05, 3.63) is 12.2 Å². The summed E-state index contributed by atoms with van der Waals surface area (Å²) in [6.45, 7) is 1.13. The number of hydrogen-bond donors (Lipinski definition) is 4. The number of amides is 1. The molecule has 0 aromatic rings. The fourth-order valence-electron chi connectivity index (χ4n) is 4.15. The van der Waals surface area contributed by atoms with E-state index in [1.165, 1.54) is 0 Å². The predicted molar refractivity (Wildman–Crippen MR) is 79.1 cm³/mol. The van der Waals surface area contributed by atoms with E-state index in [-0.39, 0.29) is 12.3 Å². The third-order valence-electron chi connectivity index (χ3n) is 5.57. The number of aliphatic hydroxyl groups is 3. The number of carbonyl (C=O) groups is 2. The van der Waals surface area contributed by atoms with E-state index in [0.717, 1.165) is 19.3 Å². The maximum absolute atomic E-state index is 12.4. The van der Waals surface area contributed by atoms with Crippen LogP contribution < -0.4 is 5.32 Å². The summed E-state index contributed by atoms with van der Waals surface area (Å²) >= 11 is 0. The highest BCUT2D eigenvalue weighted by Crippen LogP contribution is 2.53. The Morgan fingerprint density at radius 2 is 2.17 bits per heavy atom. The van der Waals surface area contributed by atoms with Crippen molar-refractivity contribution in [1.29, 1.82) is 0 Å². The average molecular weight is 325 g/mol. The van der Waals surface area contributed by atoms with Crippen molar-refractivity contribution >= 4 is 11.9 Å². The predicted octanol–water partition coefficient (Wildman–Crippen LogP) is -0.753. The van der Waals surface area contributed by atoms with Gasteiger partial charge in [-0.05, 0) is 32.6 Å². The van der Waals surface area contributed by atoms with Crippen LogP contribution in [0.3, 0.4) is 0 Å². The molecule has 1 amide bonds. The Morgan fingerprint density at radius 3 is 2.74 bits per heavy atom. The van der Waals surface area contributed by atoms with Crippen LogP contribution in [0.5, 0.6) is 0 Å². The first-order valence-corrected chi connectivity index (χ1v) is 8.06. The molecule has 6 atom stereocenters. The van der Waals surface area contributed by atoms with Crippen LogP contribution in [0.4, 0.5) is 0 Å². The van der Waals surface area contributed by atoms with E-state index in [4.69, 9.17) is 9.84 Å². The normalized spacial score (nSPS) is 41.6. The molecule has 0 spiro atoms. The first kappa shape index (κ1) is 16.4. The number of aliphatic hydroxyl groups excluding tert-OH is 3. The Morgan fingerprint density at radius 1 is 1.43 bits per heavy atom. The van der Waals surface area contributed by atoms with E-state index >= 15 is 0 Å². The summed E-state index contributed by atoms with van der Waals surface area (Å²) in [5.74, 6) is -2.10. The second kappa shape index (κ2) is 5.58. The van der Waals surface area contributed by atoms with Crippen LogP contribution >= 0.6 is 0 Å². The number of fused-ring (bicyclic) bond motifs is 1. The molecule has 0 radical (unpaired) electrons. The molecule has 3 rings (SSSR count). The lowest BCUT2D eigenvalue weighted by Gasteiger charge is -2.54. The van der Waals surface area contributed by atoms with Crippen molar-refractivity contribution in [1.82, 2.24) is 5.32 Å². The fraction of sp³-hybridized carbons (Fsp3) is 0.750. The van der Waals surface area contributed by atoms with E-state index in [0.29, 0.717) is 0 Å². The van der Waals surface area contributed by atoms with Gasteiger partial charge in [0.05, 0.1) is 24.7 Å². The Balaban J connectivity index is 1.91. The smallest absolute Gasteiger partial charge is 0.339 e. The van der Waals surface area contributed by atoms with Gasteiger partial charge in [-0.1, -0.05) is 12.2 Å². The van der Waals surface area contributed by atoms with Crippen LogP contribution in [-0.4, -0.2) is 57.2 Å². The van der Waals surface area contributed by atoms with E-state index in [2.05, 4.69) is 5.32 Å². The largest absolute Gasteiger partial charge is 0.453 e. The summed E-state index contributed by atoms with van der Waals surface area (Å²) in [5.41, 5.74) is -2.70. The van der Waals surface area contributed by atoms with Crippen molar-refractivity contribution in [2.75, 3.05) is 6.61 Å². The summed E-state index contributed by atoms with van der Waals surface area (Å²) < 4.78 is 5.30. The second-order valence-electron chi connectivity index (χ2n) is 6.89. The van der Waals surface area contributed by atoms with E-state index in [9.17, 15) is 19.8 Å². The number of hydrogen-bond acceptors (Lipinski definition) is 6. The van der Waals surface area contributed by atoms with Crippen molar-refractivity contribution in [3.63, 3.8) is 0 Å². The maximum atomic E-state index is 12.4. The van der Waals surface area contributed by atoms with Gasteiger partial charge in [0.1, 0.15) is 0 Å². The van der Waals surface area contributed by atoms with Crippen LogP contribution in [0.1, 0.15) is 32.6 Å². The molecule has 4 N–H and O–H groups in total. The van der Waals surface area contributed by atoms with Gasteiger partial charge in [0, 0.05) is 5.92 Å². The Labute approximate surface area is 134 Å². The quantitative estimate of drug-likeness (QED) is 0.390. The number of rotatable bonds is 5. The molecular formula is C16H23NO6. The van der Waals surface area contributed by atoms with Gasteiger partial charge in [0.2, 0.25) is 11.4 Å². The van der Waals surface area contributed by atoms with E-state index < -0.39 is 47.7 Å². The van der Waals surface area contributed by atoms with Crippen molar-refractivity contribution in [3.8, 4) is 0 Å². The zero-order valence-corrected chi connectivity index (χ0v) is 13.1. The molecular weight excluding hydrogens is 302 g/mol. The highest BCUT2D eigenvalue weighted by molar-refractivity contribution is 6.01. The van der Waals surface area contributed by atoms with Crippen LogP contribution in [0.25, 0.3) is 0 Å². The molecule has 0 aromatic carbocycles. The minimum Gasteiger partial charge on any atom is -0.453 e. The zero-order chi connectivity index (χ0) is 16.8.